The van der Waals surface area contributed by atoms with Crippen LogP contribution < -0.4 is 4.74 Å². The smallest absolute Gasteiger partial charge is 0.282 e. The van der Waals surface area contributed by atoms with Gasteiger partial charge in [0.15, 0.2) is 0 Å². The van der Waals surface area contributed by atoms with Crippen LogP contribution in [-0.4, -0.2) is 67.5 Å². The van der Waals surface area contributed by atoms with Crippen molar-refractivity contribution in [1.29, 1.82) is 0 Å². The Morgan fingerprint density at radius 1 is 1.13 bits per heavy atom. The van der Waals surface area contributed by atoms with Gasteiger partial charge in [0.1, 0.15) is 11.3 Å². The monoisotopic (exact) mass is 465 g/mol. The minimum absolute atomic E-state index is 0.0136. The highest BCUT2D eigenvalue weighted by Crippen LogP contribution is 2.27. The summed E-state index contributed by atoms with van der Waals surface area (Å²) in [6, 6.07) is 10.6. The number of amides is 1. The molecule has 0 aromatic heterocycles. The number of nitro benzene ring substituents is 1. The van der Waals surface area contributed by atoms with Crippen LogP contribution in [0, 0.1) is 10.1 Å². The number of nitro groups is 1. The summed E-state index contributed by atoms with van der Waals surface area (Å²) >= 11 is 1.38. The Balaban J connectivity index is 1.73. The molecule has 0 aliphatic carbocycles. The standard InChI is InChI=1S/C20H23N3O6S2/c1-3-29-15-4-7-17(8-5-15)31(27,28)22-12-10-21(11-13-22)20(24)18-14-16(30-2)6-9-19(18)23(25)26/h4-9,14H,3,10-13H2,1-2H3. The summed E-state index contributed by atoms with van der Waals surface area (Å²) in [7, 11) is -3.71. The Hall–Kier alpha value is -2.63. The first-order chi connectivity index (χ1) is 14.8. The summed E-state index contributed by atoms with van der Waals surface area (Å²) in [5.74, 6) is 0.117. The Kier molecular flexibility index (Phi) is 7.19. The van der Waals surface area contributed by atoms with E-state index in [0.29, 0.717) is 12.4 Å². The minimum atomic E-state index is -3.71. The van der Waals surface area contributed by atoms with Gasteiger partial charge in [-0.25, -0.2) is 8.42 Å². The molecular formula is C20H23N3O6S2. The average molecular weight is 466 g/mol. The normalized spacial score (nSPS) is 15.0. The highest BCUT2D eigenvalue weighted by atomic mass is 32.2. The first-order valence-corrected chi connectivity index (χ1v) is 12.3. The van der Waals surface area contributed by atoms with Crippen LogP contribution in [0.3, 0.4) is 0 Å². The average Bonchev–Trinajstić information content (AvgIpc) is 2.78. The quantitative estimate of drug-likeness (QED) is 0.351. The molecule has 0 radical (unpaired) electrons. The van der Waals surface area contributed by atoms with Crippen molar-refractivity contribution in [3.63, 3.8) is 0 Å². The zero-order valence-electron chi connectivity index (χ0n) is 17.2. The number of benzene rings is 2. The van der Waals surface area contributed by atoms with E-state index in [-0.39, 0.29) is 42.3 Å². The van der Waals surface area contributed by atoms with Crippen LogP contribution in [0.15, 0.2) is 52.3 Å². The summed E-state index contributed by atoms with van der Waals surface area (Å²) in [6.45, 7) is 2.84. The molecule has 0 bridgehead atoms. The molecule has 1 saturated heterocycles. The Labute approximate surface area is 185 Å². The summed E-state index contributed by atoms with van der Waals surface area (Å²) in [5, 5.41) is 11.3. The van der Waals surface area contributed by atoms with E-state index in [1.54, 1.807) is 18.2 Å². The summed E-state index contributed by atoms with van der Waals surface area (Å²) in [6.07, 6.45) is 1.82. The predicted octanol–water partition coefficient (Wildman–Crippen LogP) is 2.86. The van der Waals surface area contributed by atoms with Crippen LogP contribution in [0.4, 0.5) is 5.69 Å². The van der Waals surface area contributed by atoms with Crippen LogP contribution in [-0.2, 0) is 10.0 Å². The van der Waals surface area contributed by atoms with Crippen molar-refractivity contribution >= 4 is 33.4 Å². The van der Waals surface area contributed by atoms with E-state index in [9.17, 15) is 23.3 Å². The van der Waals surface area contributed by atoms with E-state index in [2.05, 4.69) is 0 Å². The Morgan fingerprint density at radius 2 is 1.77 bits per heavy atom. The molecule has 1 amide bonds. The number of rotatable bonds is 7. The number of hydrogen-bond donors (Lipinski definition) is 0. The van der Waals surface area contributed by atoms with Gasteiger partial charge in [-0.2, -0.15) is 4.31 Å². The molecule has 3 rings (SSSR count). The van der Waals surface area contributed by atoms with Crippen molar-refractivity contribution in [2.24, 2.45) is 0 Å². The minimum Gasteiger partial charge on any atom is -0.494 e. The number of hydrogen-bond acceptors (Lipinski definition) is 7. The van der Waals surface area contributed by atoms with Crippen molar-refractivity contribution < 1.29 is 22.9 Å². The van der Waals surface area contributed by atoms with Crippen LogP contribution in [0.25, 0.3) is 0 Å². The number of thioether (sulfide) groups is 1. The number of ether oxygens (including phenoxy) is 1. The molecule has 1 aliphatic rings. The molecule has 0 spiro atoms. The topological polar surface area (TPSA) is 110 Å². The Morgan fingerprint density at radius 3 is 2.32 bits per heavy atom. The SMILES string of the molecule is CCOc1ccc(S(=O)(=O)N2CCN(C(=O)c3cc(SC)ccc3[N+](=O)[O-])CC2)cc1. The lowest BCUT2D eigenvalue weighted by Gasteiger charge is -2.34. The molecule has 9 nitrogen and oxygen atoms in total. The van der Waals surface area contributed by atoms with Gasteiger partial charge in [-0.3, -0.25) is 14.9 Å². The van der Waals surface area contributed by atoms with E-state index >= 15 is 0 Å². The van der Waals surface area contributed by atoms with E-state index < -0.39 is 20.9 Å². The van der Waals surface area contributed by atoms with Crippen LogP contribution >= 0.6 is 11.8 Å². The van der Waals surface area contributed by atoms with Crippen LogP contribution in [0.2, 0.25) is 0 Å². The van der Waals surface area contributed by atoms with Crippen molar-refractivity contribution in [1.82, 2.24) is 9.21 Å². The lowest BCUT2D eigenvalue weighted by atomic mass is 10.1. The number of piperazine rings is 1. The van der Waals surface area contributed by atoms with Gasteiger partial charge in [-0.1, -0.05) is 0 Å². The second-order valence-electron chi connectivity index (χ2n) is 6.74. The van der Waals surface area contributed by atoms with Gasteiger partial charge in [0.2, 0.25) is 10.0 Å². The highest BCUT2D eigenvalue weighted by molar-refractivity contribution is 7.98. The van der Waals surface area contributed by atoms with Gasteiger partial charge in [0.05, 0.1) is 16.4 Å². The molecule has 0 unspecified atom stereocenters. The largest absolute Gasteiger partial charge is 0.494 e. The maximum absolute atomic E-state index is 12.9. The maximum atomic E-state index is 12.9. The molecule has 1 aliphatic heterocycles. The van der Waals surface area contributed by atoms with Crippen LogP contribution in [0.1, 0.15) is 17.3 Å². The van der Waals surface area contributed by atoms with Gasteiger partial charge in [0, 0.05) is 37.1 Å². The molecule has 1 fully saturated rings. The zero-order chi connectivity index (χ0) is 22.6. The maximum Gasteiger partial charge on any atom is 0.282 e. The highest BCUT2D eigenvalue weighted by Gasteiger charge is 2.32. The first kappa shape index (κ1) is 23.0. The van der Waals surface area contributed by atoms with E-state index in [4.69, 9.17) is 4.74 Å². The fourth-order valence-corrected chi connectivity index (χ4v) is 5.16. The van der Waals surface area contributed by atoms with Crippen molar-refractivity contribution in [2.75, 3.05) is 39.0 Å². The molecule has 2 aromatic rings. The van der Waals surface area contributed by atoms with Crippen LogP contribution in [0.5, 0.6) is 5.75 Å². The molecule has 11 heteroatoms. The van der Waals surface area contributed by atoms with Crippen molar-refractivity contribution in [3.8, 4) is 5.75 Å². The number of sulfonamides is 1. The molecule has 31 heavy (non-hydrogen) atoms. The first-order valence-electron chi connectivity index (χ1n) is 9.62. The van der Waals surface area contributed by atoms with Gasteiger partial charge in [-0.05, 0) is 49.6 Å². The second-order valence-corrected chi connectivity index (χ2v) is 9.56. The third kappa shape index (κ3) is 5.00. The number of carbonyl (C=O) groups excluding carboxylic acids is 1. The van der Waals surface area contributed by atoms with Gasteiger partial charge >= 0.3 is 0 Å². The summed E-state index contributed by atoms with van der Waals surface area (Å²) in [5.41, 5.74) is -0.244. The lowest BCUT2D eigenvalue weighted by Crippen LogP contribution is -2.50. The Bertz CT molecular complexity index is 1060. The predicted molar refractivity (Wildman–Crippen MR) is 117 cm³/mol. The van der Waals surface area contributed by atoms with Crippen molar-refractivity contribution in [2.45, 2.75) is 16.7 Å². The van der Waals surface area contributed by atoms with Crippen molar-refractivity contribution in [3.05, 3.63) is 58.1 Å². The lowest BCUT2D eigenvalue weighted by molar-refractivity contribution is -0.385. The number of nitrogens with zero attached hydrogens (tertiary/aromatic N) is 3. The molecular weight excluding hydrogens is 442 g/mol. The van der Waals surface area contributed by atoms with E-state index in [1.807, 2.05) is 13.2 Å². The summed E-state index contributed by atoms with van der Waals surface area (Å²) in [4.78, 5) is 26.1. The van der Waals surface area contributed by atoms with Gasteiger partial charge in [0.25, 0.3) is 11.6 Å². The molecule has 0 N–H and O–H groups in total. The zero-order valence-corrected chi connectivity index (χ0v) is 18.8. The molecule has 2 aromatic carbocycles. The molecule has 0 atom stereocenters. The third-order valence-corrected chi connectivity index (χ3v) is 7.57. The molecule has 1 heterocycles. The number of carbonyl (C=O) groups is 1. The van der Waals surface area contributed by atoms with E-state index in [1.165, 1.54) is 45.2 Å². The molecule has 0 saturated carbocycles. The van der Waals surface area contributed by atoms with E-state index in [0.717, 1.165) is 4.90 Å². The molecule has 166 valence electrons. The second kappa shape index (κ2) is 9.67. The van der Waals surface area contributed by atoms with Gasteiger partial charge in [-0.15, -0.1) is 11.8 Å². The fourth-order valence-electron chi connectivity index (χ4n) is 3.30. The summed E-state index contributed by atoms with van der Waals surface area (Å²) < 4.78 is 32.5. The van der Waals surface area contributed by atoms with Gasteiger partial charge < -0.3 is 9.64 Å². The third-order valence-electron chi connectivity index (χ3n) is 4.93. The fraction of sp³-hybridized carbons (Fsp3) is 0.350.